The van der Waals surface area contributed by atoms with Crippen LogP contribution in [0.5, 0.6) is 0 Å². The van der Waals surface area contributed by atoms with Crippen molar-refractivity contribution >= 4 is 38.1 Å². The number of nitrogens with one attached hydrogen (secondary N) is 2. The molecule has 0 atom stereocenters. The van der Waals surface area contributed by atoms with Crippen molar-refractivity contribution in [3.63, 3.8) is 0 Å². The number of hydrogen-bond acceptors (Lipinski definition) is 4. The lowest BCUT2D eigenvalue weighted by Crippen LogP contribution is -2.14. The fourth-order valence-electron chi connectivity index (χ4n) is 2.87. The van der Waals surface area contributed by atoms with Gasteiger partial charge < -0.3 is 5.32 Å². The van der Waals surface area contributed by atoms with E-state index in [9.17, 15) is 13.2 Å². The number of hydrogen-bond donors (Lipinski definition) is 2. The minimum atomic E-state index is -3.70. The van der Waals surface area contributed by atoms with Gasteiger partial charge in [0.15, 0.2) is 0 Å². The smallest absolute Gasteiger partial charge is 0.261 e. The van der Waals surface area contributed by atoms with Crippen molar-refractivity contribution in [2.45, 2.75) is 4.90 Å². The molecule has 0 spiro atoms. The highest BCUT2D eigenvalue weighted by atomic mass is 32.2. The number of fused-ring (bicyclic) bond motifs is 1. The zero-order chi connectivity index (χ0) is 20.3. The molecule has 0 radical (unpaired) electrons. The molecule has 6 nitrogen and oxygen atoms in total. The van der Waals surface area contributed by atoms with E-state index < -0.39 is 10.0 Å². The second-order valence-corrected chi connectivity index (χ2v) is 8.07. The summed E-state index contributed by atoms with van der Waals surface area (Å²) in [6, 6.07) is 21.9. The summed E-state index contributed by atoms with van der Waals surface area (Å²) in [4.78, 5) is 16.7. The molecule has 0 aliphatic heterocycles. The highest BCUT2D eigenvalue weighted by Crippen LogP contribution is 2.19. The maximum Gasteiger partial charge on any atom is 0.261 e. The van der Waals surface area contributed by atoms with Gasteiger partial charge in [0.2, 0.25) is 0 Å². The van der Waals surface area contributed by atoms with Gasteiger partial charge in [0.05, 0.1) is 4.90 Å². The first kappa shape index (κ1) is 18.6. The van der Waals surface area contributed by atoms with Gasteiger partial charge in [-0.1, -0.05) is 24.3 Å². The van der Waals surface area contributed by atoms with Crippen LogP contribution in [-0.4, -0.2) is 19.3 Å². The first-order valence-electron chi connectivity index (χ1n) is 8.84. The van der Waals surface area contributed by atoms with E-state index in [1.807, 2.05) is 12.1 Å². The summed E-state index contributed by atoms with van der Waals surface area (Å²) in [6.07, 6.45) is 3.40. The molecule has 1 heterocycles. The van der Waals surface area contributed by atoms with Crippen LogP contribution in [0, 0.1) is 0 Å². The Kier molecular flexibility index (Phi) is 4.97. The van der Waals surface area contributed by atoms with Gasteiger partial charge in [0, 0.05) is 34.7 Å². The molecule has 0 bridgehead atoms. The van der Waals surface area contributed by atoms with Gasteiger partial charge in [-0.05, 0) is 60.0 Å². The van der Waals surface area contributed by atoms with Crippen molar-refractivity contribution in [1.82, 2.24) is 4.98 Å². The Bertz CT molecular complexity index is 1270. The van der Waals surface area contributed by atoms with Crippen LogP contribution in [0.15, 0.2) is 96.2 Å². The SMILES string of the molecule is O=C(Nc1ccc(S(=O)(=O)Nc2ccccc2)cc1)c1ccc2ccncc2c1. The number of carbonyl (C=O) groups excluding carboxylic acids is 1. The number of amides is 1. The van der Waals surface area contributed by atoms with Gasteiger partial charge in [0.1, 0.15) is 0 Å². The lowest BCUT2D eigenvalue weighted by atomic mass is 10.1. The van der Waals surface area contributed by atoms with Crippen LogP contribution in [0.4, 0.5) is 11.4 Å². The first-order valence-corrected chi connectivity index (χ1v) is 10.3. The Morgan fingerprint density at radius 1 is 0.793 bits per heavy atom. The molecular weight excluding hydrogens is 386 g/mol. The number of carbonyl (C=O) groups is 1. The number of aromatic nitrogens is 1. The third-order valence-electron chi connectivity index (χ3n) is 4.35. The molecule has 7 heteroatoms. The summed E-state index contributed by atoms with van der Waals surface area (Å²) in [7, 11) is -3.70. The van der Waals surface area contributed by atoms with Crippen molar-refractivity contribution < 1.29 is 13.2 Å². The largest absolute Gasteiger partial charge is 0.322 e. The first-order chi connectivity index (χ1) is 14.0. The van der Waals surface area contributed by atoms with Crippen LogP contribution in [0.3, 0.4) is 0 Å². The fourth-order valence-corrected chi connectivity index (χ4v) is 3.93. The summed E-state index contributed by atoms with van der Waals surface area (Å²) < 4.78 is 27.5. The predicted molar refractivity (Wildman–Crippen MR) is 113 cm³/mol. The molecule has 1 aromatic heterocycles. The average Bonchev–Trinajstić information content (AvgIpc) is 2.74. The van der Waals surface area contributed by atoms with Crippen molar-refractivity contribution in [2.24, 2.45) is 0 Å². The predicted octanol–water partition coefficient (Wildman–Crippen LogP) is 4.29. The summed E-state index contributed by atoms with van der Waals surface area (Å²) in [6.45, 7) is 0. The highest BCUT2D eigenvalue weighted by molar-refractivity contribution is 7.92. The van der Waals surface area contributed by atoms with Crippen molar-refractivity contribution in [2.75, 3.05) is 10.0 Å². The number of sulfonamides is 1. The Morgan fingerprint density at radius 3 is 2.31 bits per heavy atom. The van der Waals surface area contributed by atoms with E-state index in [1.54, 1.807) is 67.0 Å². The molecule has 4 rings (SSSR count). The molecular formula is C22H17N3O3S. The van der Waals surface area contributed by atoms with Crippen LogP contribution in [0.1, 0.15) is 10.4 Å². The standard InChI is InChI=1S/C22H17N3O3S/c26-22(17-7-6-16-12-13-23-15-18(16)14-17)24-19-8-10-21(11-9-19)29(27,28)25-20-4-2-1-3-5-20/h1-15,25H,(H,24,26). The molecule has 0 saturated carbocycles. The van der Waals surface area contributed by atoms with E-state index in [1.165, 1.54) is 12.1 Å². The van der Waals surface area contributed by atoms with E-state index in [0.29, 0.717) is 16.9 Å². The number of rotatable bonds is 5. The lowest BCUT2D eigenvalue weighted by molar-refractivity contribution is 0.102. The normalized spacial score (nSPS) is 11.2. The van der Waals surface area contributed by atoms with Crippen molar-refractivity contribution in [3.05, 3.63) is 96.8 Å². The summed E-state index contributed by atoms with van der Waals surface area (Å²) >= 11 is 0. The van der Waals surface area contributed by atoms with Crippen molar-refractivity contribution in [1.29, 1.82) is 0 Å². The van der Waals surface area contributed by atoms with Crippen LogP contribution < -0.4 is 10.0 Å². The monoisotopic (exact) mass is 403 g/mol. The molecule has 0 saturated heterocycles. The molecule has 0 aliphatic rings. The second kappa shape index (κ2) is 7.73. The Hall–Kier alpha value is -3.71. The third kappa shape index (κ3) is 4.25. The van der Waals surface area contributed by atoms with Gasteiger partial charge >= 0.3 is 0 Å². The molecule has 3 aromatic carbocycles. The van der Waals surface area contributed by atoms with Crippen LogP contribution in [-0.2, 0) is 10.0 Å². The zero-order valence-corrected chi connectivity index (χ0v) is 16.1. The quantitative estimate of drug-likeness (QED) is 0.520. The van der Waals surface area contributed by atoms with Crippen molar-refractivity contribution in [3.8, 4) is 0 Å². The maximum atomic E-state index is 12.5. The van der Waals surface area contributed by atoms with E-state index in [-0.39, 0.29) is 10.8 Å². The molecule has 144 valence electrons. The van der Waals surface area contributed by atoms with Crippen LogP contribution in [0.25, 0.3) is 10.8 Å². The zero-order valence-electron chi connectivity index (χ0n) is 15.2. The molecule has 29 heavy (non-hydrogen) atoms. The summed E-state index contributed by atoms with van der Waals surface area (Å²) in [5.41, 5.74) is 1.48. The Labute approximate surface area is 168 Å². The number of pyridine rings is 1. The topological polar surface area (TPSA) is 88.2 Å². The molecule has 0 fully saturated rings. The van der Waals surface area contributed by atoms with Gasteiger partial charge in [-0.3, -0.25) is 14.5 Å². The maximum absolute atomic E-state index is 12.5. The van der Waals surface area contributed by atoms with Gasteiger partial charge in [-0.25, -0.2) is 8.42 Å². The number of para-hydroxylation sites is 1. The highest BCUT2D eigenvalue weighted by Gasteiger charge is 2.14. The molecule has 2 N–H and O–H groups in total. The average molecular weight is 403 g/mol. The van der Waals surface area contributed by atoms with Gasteiger partial charge in [0.25, 0.3) is 15.9 Å². The van der Waals surface area contributed by atoms with E-state index in [4.69, 9.17) is 0 Å². The van der Waals surface area contributed by atoms with E-state index in [0.717, 1.165) is 10.8 Å². The van der Waals surface area contributed by atoms with Gasteiger partial charge in [-0.2, -0.15) is 0 Å². The number of benzene rings is 3. The fraction of sp³-hybridized carbons (Fsp3) is 0. The third-order valence-corrected chi connectivity index (χ3v) is 5.75. The van der Waals surface area contributed by atoms with Crippen LogP contribution in [0.2, 0.25) is 0 Å². The Balaban J connectivity index is 1.49. The molecule has 4 aromatic rings. The van der Waals surface area contributed by atoms with Gasteiger partial charge in [-0.15, -0.1) is 0 Å². The number of anilines is 2. The molecule has 0 aliphatic carbocycles. The summed E-state index contributed by atoms with van der Waals surface area (Å²) in [5, 5.41) is 4.64. The lowest BCUT2D eigenvalue weighted by Gasteiger charge is -2.10. The number of nitrogens with zero attached hydrogens (tertiary/aromatic N) is 1. The minimum absolute atomic E-state index is 0.108. The Morgan fingerprint density at radius 2 is 1.55 bits per heavy atom. The van der Waals surface area contributed by atoms with Crippen LogP contribution >= 0.6 is 0 Å². The van der Waals surface area contributed by atoms with E-state index >= 15 is 0 Å². The van der Waals surface area contributed by atoms with E-state index in [2.05, 4.69) is 15.0 Å². The summed E-state index contributed by atoms with van der Waals surface area (Å²) in [5.74, 6) is -0.284. The molecule has 0 unspecified atom stereocenters. The molecule has 1 amide bonds. The second-order valence-electron chi connectivity index (χ2n) is 6.39. The minimum Gasteiger partial charge on any atom is -0.322 e.